The Balaban J connectivity index is 1.42. The topological polar surface area (TPSA) is 106 Å². The fourth-order valence-corrected chi connectivity index (χ4v) is 3.75. The van der Waals surface area contributed by atoms with Gasteiger partial charge in [-0.25, -0.2) is 15.0 Å². The van der Waals surface area contributed by atoms with Crippen LogP contribution in [0.4, 0.5) is 17.7 Å². The van der Waals surface area contributed by atoms with Gasteiger partial charge in [-0.1, -0.05) is 11.2 Å². The van der Waals surface area contributed by atoms with Gasteiger partial charge in [-0.3, -0.25) is 4.98 Å². The third kappa shape index (κ3) is 4.07. The van der Waals surface area contributed by atoms with Crippen LogP contribution in [0.3, 0.4) is 0 Å². The number of pyridine rings is 1. The van der Waals surface area contributed by atoms with Crippen LogP contribution in [0.5, 0.6) is 0 Å². The van der Waals surface area contributed by atoms with Crippen LogP contribution in [0.2, 0.25) is 0 Å². The van der Waals surface area contributed by atoms with E-state index in [1.807, 2.05) is 50.2 Å². The van der Waals surface area contributed by atoms with Gasteiger partial charge in [0.15, 0.2) is 5.76 Å². The molecule has 0 radical (unpaired) electrons. The Kier molecular flexibility index (Phi) is 4.99. The van der Waals surface area contributed by atoms with E-state index in [9.17, 15) is 0 Å². The highest BCUT2D eigenvalue weighted by Gasteiger charge is 2.32. The average Bonchev–Trinajstić information content (AvgIpc) is 3.44. The standard InChI is InChI=1S/C22H22N8O/c1-14-8-10-24-21(25-14)27-20-12-15(2)26-22(28-20)30-11-5-7-18(30)19-13-17(29-31-19)16-6-3-4-9-23-16/h3-4,6,8-10,12-13,18H,5,7,11H2,1-2H3,(H,24,25,26,27,28)/t18-/m0/s1. The molecule has 31 heavy (non-hydrogen) atoms. The molecule has 1 aliphatic rings. The van der Waals surface area contributed by atoms with E-state index in [2.05, 4.69) is 35.3 Å². The number of rotatable bonds is 5. The highest BCUT2D eigenvalue weighted by molar-refractivity contribution is 5.55. The maximum Gasteiger partial charge on any atom is 0.228 e. The Morgan fingerprint density at radius 1 is 0.968 bits per heavy atom. The molecule has 0 aliphatic carbocycles. The van der Waals surface area contributed by atoms with Gasteiger partial charge in [0.25, 0.3) is 0 Å². The van der Waals surface area contributed by atoms with Crippen molar-refractivity contribution in [3.8, 4) is 11.4 Å². The molecule has 1 saturated heterocycles. The van der Waals surface area contributed by atoms with Gasteiger partial charge in [-0.05, 0) is 44.9 Å². The van der Waals surface area contributed by atoms with Crippen LogP contribution in [0, 0.1) is 13.8 Å². The number of aryl methyl sites for hydroxylation is 2. The van der Waals surface area contributed by atoms with E-state index < -0.39 is 0 Å². The normalized spacial score (nSPS) is 15.9. The zero-order valence-corrected chi connectivity index (χ0v) is 17.4. The van der Waals surface area contributed by atoms with Gasteiger partial charge in [0, 0.05) is 42.5 Å². The van der Waals surface area contributed by atoms with E-state index in [1.54, 1.807) is 12.4 Å². The summed E-state index contributed by atoms with van der Waals surface area (Å²) in [6.45, 7) is 4.72. The van der Waals surface area contributed by atoms with Crippen LogP contribution in [0.15, 0.2) is 53.3 Å². The van der Waals surface area contributed by atoms with E-state index in [0.717, 1.165) is 47.9 Å². The summed E-state index contributed by atoms with van der Waals surface area (Å²) in [6, 6.07) is 11.5. The molecule has 0 spiro atoms. The molecule has 0 bridgehead atoms. The molecule has 9 heteroatoms. The average molecular weight is 414 g/mol. The first-order valence-corrected chi connectivity index (χ1v) is 10.2. The van der Waals surface area contributed by atoms with E-state index >= 15 is 0 Å². The number of nitrogens with one attached hydrogen (secondary N) is 1. The molecule has 0 aromatic carbocycles. The van der Waals surface area contributed by atoms with Crippen LogP contribution in [0.25, 0.3) is 11.4 Å². The largest absolute Gasteiger partial charge is 0.358 e. The fraction of sp³-hybridized carbons (Fsp3) is 0.273. The van der Waals surface area contributed by atoms with Gasteiger partial charge in [0.2, 0.25) is 11.9 Å². The van der Waals surface area contributed by atoms with Gasteiger partial charge in [-0.15, -0.1) is 0 Å². The SMILES string of the molecule is Cc1ccnc(Nc2cc(C)nc(N3CCC[C@H]3c3cc(-c4ccccn4)no3)n2)n1. The first kappa shape index (κ1) is 19.1. The molecule has 0 unspecified atom stereocenters. The lowest BCUT2D eigenvalue weighted by atomic mass is 10.1. The third-order valence-corrected chi connectivity index (χ3v) is 5.17. The summed E-state index contributed by atoms with van der Waals surface area (Å²) in [5, 5.41) is 7.41. The monoisotopic (exact) mass is 414 g/mol. The minimum Gasteiger partial charge on any atom is -0.358 e. The minimum absolute atomic E-state index is 0.0230. The Morgan fingerprint density at radius 2 is 1.90 bits per heavy atom. The van der Waals surface area contributed by atoms with Crippen LogP contribution < -0.4 is 10.2 Å². The van der Waals surface area contributed by atoms with E-state index in [0.29, 0.717) is 17.7 Å². The fourth-order valence-electron chi connectivity index (χ4n) is 3.75. The first-order chi connectivity index (χ1) is 15.2. The highest BCUT2D eigenvalue weighted by Crippen LogP contribution is 2.36. The number of aromatic nitrogens is 6. The smallest absolute Gasteiger partial charge is 0.228 e. The minimum atomic E-state index is 0.0230. The van der Waals surface area contributed by atoms with Gasteiger partial charge in [0.05, 0.1) is 11.7 Å². The third-order valence-electron chi connectivity index (χ3n) is 5.17. The molecule has 0 amide bonds. The van der Waals surface area contributed by atoms with Crippen molar-refractivity contribution >= 4 is 17.7 Å². The van der Waals surface area contributed by atoms with Crippen molar-refractivity contribution in [1.29, 1.82) is 0 Å². The summed E-state index contributed by atoms with van der Waals surface area (Å²) in [4.78, 5) is 24.6. The van der Waals surface area contributed by atoms with Gasteiger partial charge < -0.3 is 14.7 Å². The molecule has 0 saturated carbocycles. The summed E-state index contributed by atoms with van der Waals surface area (Å²) >= 11 is 0. The number of hydrogen-bond donors (Lipinski definition) is 1. The van der Waals surface area contributed by atoms with Crippen molar-refractivity contribution in [2.45, 2.75) is 32.7 Å². The lowest BCUT2D eigenvalue weighted by Gasteiger charge is -2.23. The summed E-state index contributed by atoms with van der Waals surface area (Å²) in [6.07, 6.45) is 5.43. The molecule has 4 aromatic heterocycles. The second kappa shape index (κ2) is 8.10. The molecule has 5 heterocycles. The Hall–Kier alpha value is -3.88. The highest BCUT2D eigenvalue weighted by atomic mass is 16.5. The summed E-state index contributed by atoms with van der Waals surface area (Å²) in [5.41, 5.74) is 3.26. The lowest BCUT2D eigenvalue weighted by Crippen LogP contribution is -2.25. The maximum absolute atomic E-state index is 5.70. The first-order valence-electron chi connectivity index (χ1n) is 10.2. The zero-order valence-electron chi connectivity index (χ0n) is 17.4. The van der Waals surface area contributed by atoms with Crippen molar-refractivity contribution in [3.63, 3.8) is 0 Å². The molecule has 1 aliphatic heterocycles. The Labute approximate surface area is 179 Å². The quantitative estimate of drug-likeness (QED) is 0.518. The second-order valence-corrected chi connectivity index (χ2v) is 7.52. The van der Waals surface area contributed by atoms with E-state index in [-0.39, 0.29) is 6.04 Å². The zero-order chi connectivity index (χ0) is 21.2. The molecule has 4 aromatic rings. The van der Waals surface area contributed by atoms with Crippen LogP contribution in [-0.2, 0) is 0 Å². The summed E-state index contributed by atoms with van der Waals surface area (Å²) in [7, 11) is 0. The second-order valence-electron chi connectivity index (χ2n) is 7.52. The van der Waals surface area contributed by atoms with Crippen LogP contribution in [-0.4, -0.2) is 36.6 Å². The van der Waals surface area contributed by atoms with Crippen LogP contribution >= 0.6 is 0 Å². The number of anilines is 3. The maximum atomic E-state index is 5.70. The van der Waals surface area contributed by atoms with Crippen molar-refractivity contribution in [2.75, 3.05) is 16.8 Å². The number of nitrogens with zero attached hydrogens (tertiary/aromatic N) is 7. The molecular formula is C22H22N8O. The van der Waals surface area contributed by atoms with Crippen molar-refractivity contribution in [2.24, 2.45) is 0 Å². The molecule has 156 valence electrons. The molecular weight excluding hydrogens is 392 g/mol. The van der Waals surface area contributed by atoms with Crippen LogP contribution in [0.1, 0.15) is 36.0 Å². The van der Waals surface area contributed by atoms with Gasteiger partial charge in [0.1, 0.15) is 11.5 Å². The molecule has 9 nitrogen and oxygen atoms in total. The Morgan fingerprint density at radius 3 is 2.74 bits per heavy atom. The lowest BCUT2D eigenvalue weighted by molar-refractivity contribution is 0.362. The predicted molar refractivity (Wildman–Crippen MR) is 116 cm³/mol. The Bertz CT molecular complexity index is 1190. The predicted octanol–water partition coefficient (Wildman–Crippen LogP) is 4.02. The molecule has 5 rings (SSSR count). The van der Waals surface area contributed by atoms with E-state index in [4.69, 9.17) is 9.51 Å². The summed E-state index contributed by atoms with van der Waals surface area (Å²) < 4.78 is 5.70. The molecule has 1 N–H and O–H groups in total. The van der Waals surface area contributed by atoms with Crippen molar-refractivity contribution < 1.29 is 4.52 Å². The molecule has 1 fully saturated rings. The number of hydrogen-bond acceptors (Lipinski definition) is 9. The van der Waals surface area contributed by atoms with Crippen molar-refractivity contribution in [3.05, 3.63) is 65.9 Å². The van der Waals surface area contributed by atoms with Gasteiger partial charge in [-0.2, -0.15) is 4.98 Å². The van der Waals surface area contributed by atoms with E-state index in [1.165, 1.54) is 0 Å². The van der Waals surface area contributed by atoms with Gasteiger partial charge >= 0.3 is 0 Å². The summed E-state index contributed by atoms with van der Waals surface area (Å²) in [5.74, 6) is 2.61. The molecule has 1 atom stereocenters. The van der Waals surface area contributed by atoms with Crippen molar-refractivity contribution in [1.82, 2.24) is 30.1 Å².